The second-order valence-corrected chi connectivity index (χ2v) is 11.0. The van der Waals surface area contributed by atoms with Crippen LogP contribution in [-0.2, 0) is 16.7 Å². The molecule has 3 N–H and O–H groups in total. The molecule has 0 spiro atoms. The summed E-state index contributed by atoms with van der Waals surface area (Å²) in [5, 5.41) is 16.3. The summed E-state index contributed by atoms with van der Waals surface area (Å²) >= 11 is 0. The van der Waals surface area contributed by atoms with E-state index in [9.17, 15) is 10.1 Å². The van der Waals surface area contributed by atoms with E-state index < -0.39 is 21.6 Å². The molecule has 1 amide bonds. The van der Waals surface area contributed by atoms with Gasteiger partial charge < -0.3 is 10.3 Å². The Morgan fingerprint density at radius 2 is 1.67 bits per heavy atom. The van der Waals surface area contributed by atoms with Crippen LogP contribution in [0, 0.1) is 16.7 Å². The van der Waals surface area contributed by atoms with Crippen molar-refractivity contribution >= 4 is 72.5 Å². The lowest BCUT2D eigenvalue weighted by Gasteiger charge is -2.55. The molecule has 2 aromatic heterocycles. The fourth-order valence-electron chi connectivity index (χ4n) is 4.06. The average molecular weight is 503 g/mol. The highest BCUT2D eigenvalue weighted by Crippen LogP contribution is 2.48. The van der Waals surface area contributed by atoms with Gasteiger partial charge >= 0.3 is 0 Å². The molecule has 3 aromatic rings. The van der Waals surface area contributed by atoms with Crippen molar-refractivity contribution < 1.29 is 9.32 Å². The normalized spacial score (nSPS) is 13.5. The molecule has 0 saturated carbocycles. The zero-order valence-electron chi connectivity index (χ0n) is 22.4. The summed E-state index contributed by atoms with van der Waals surface area (Å²) in [4.78, 5) is 12.8. The molecule has 3 rings (SSSR count). The first-order chi connectivity index (χ1) is 17.8. The largest absolute Gasteiger partial charge is 0.383 e. The van der Waals surface area contributed by atoms with Crippen LogP contribution in [0.25, 0.3) is 11.3 Å². The average Bonchev–Trinajstić information content (AvgIpc) is 3.38. The highest BCUT2D eigenvalue weighted by molar-refractivity contribution is 6.68. The Labute approximate surface area is 238 Å². The van der Waals surface area contributed by atoms with Gasteiger partial charge in [0.25, 0.3) is 0 Å². The third-order valence-electron chi connectivity index (χ3n) is 6.28. The van der Waals surface area contributed by atoms with Gasteiger partial charge in [0.1, 0.15) is 31.0 Å². The Morgan fingerprint density at radius 3 is 2.15 bits per heavy atom. The molecule has 0 aliphatic carbocycles. The molecule has 8 nitrogen and oxygen atoms in total. The van der Waals surface area contributed by atoms with Crippen LogP contribution >= 0.6 is 0 Å². The molecule has 15 heteroatoms. The maximum absolute atomic E-state index is 12.8. The van der Waals surface area contributed by atoms with Crippen molar-refractivity contribution in [1.82, 2.24) is 14.9 Å². The van der Waals surface area contributed by atoms with Crippen LogP contribution in [0.4, 0.5) is 11.7 Å². The van der Waals surface area contributed by atoms with E-state index in [2.05, 4.69) is 36.3 Å². The molecule has 1 aromatic carbocycles. The summed E-state index contributed by atoms with van der Waals surface area (Å²) in [6, 6.07) is 10.4. The Balaban J connectivity index is 1.89. The van der Waals surface area contributed by atoms with Crippen LogP contribution in [0.3, 0.4) is 0 Å². The zero-order valence-corrected chi connectivity index (χ0v) is 22.4. The fraction of sp³-hybridized carbons (Fsp3) is 0.417. The van der Waals surface area contributed by atoms with E-state index >= 15 is 0 Å². The number of aromatic nitrogens is 3. The SMILES string of the molecule is [B]C([B])([B])C([B])(n1nc(-c2ccc(C(C)C(=O)Nc3cc(CC(C)(C)C)no3)cc2)c(C#N)c1N)C([B])([B])[B]. The molecule has 1 unspecified atom stereocenters. The van der Waals surface area contributed by atoms with Gasteiger partial charge in [-0.2, -0.15) is 10.4 Å². The monoisotopic (exact) mass is 504 g/mol. The lowest BCUT2D eigenvalue weighted by atomic mass is 9.18. The third kappa shape index (κ3) is 6.05. The van der Waals surface area contributed by atoms with Crippen molar-refractivity contribution in [2.24, 2.45) is 5.41 Å². The van der Waals surface area contributed by atoms with Gasteiger partial charge in [-0.25, -0.2) is 0 Å². The van der Waals surface area contributed by atoms with Crippen LogP contribution in [0.2, 0.25) is 10.2 Å². The Morgan fingerprint density at radius 1 is 1.10 bits per heavy atom. The standard InChI is InChI=1S/C24H23B7N6O2/c1-12(20(38)34-17-9-15(36-39-17)10-21(2,3)4)13-5-7-14(8-6-13)18-16(11-32)19(33)37(35-18)22(25,23(26,27)28)24(29,30)31/h5-9,12H,10,33H2,1-4H3,(H,34,38). The maximum Gasteiger partial charge on any atom is 0.234 e. The van der Waals surface area contributed by atoms with Crippen molar-refractivity contribution in [3.8, 4) is 17.3 Å². The number of hydrogen-bond donors (Lipinski definition) is 2. The third-order valence-corrected chi connectivity index (χ3v) is 6.28. The summed E-state index contributed by atoms with van der Waals surface area (Å²) in [6.45, 7) is 7.99. The lowest BCUT2D eigenvalue weighted by Crippen LogP contribution is -2.57. The highest BCUT2D eigenvalue weighted by Gasteiger charge is 2.47. The number of amides is 1. The number of anilines is 2. The first-order valence-corrected chi connectivity index (χ1v) is 12.0. The van der Waals surface area contributed by atoms with Crippen molar-refractivity contribution in [2.45, 2.75) is 55.7 Å². The van der Waals surface area contributed by atoms with Crippen LogP contribution in [0.5, 0.6) is 0 Å². The Kier molecular flexibility index (Phi) is 8.14. The van der Waals surface area contributed by atoms with E-state index in [1.165, 1.54) is 0 Å². The number of nitrogens with two attached hydrogens (primary N) is 1. The number of carbonyl (C=O) groups is 1. The molecule has 0 aliphatic heterocycles. The number of nitrogens with one attached hydrogen (secondary N) is 1. The Bertz CT molecular complexity index is 1380. The van der Waals surface area contributed by atoms with E-state index in [4.69, 9.17) is 65.2 Å². The molecule has 0 saturated heterocycles. The molecule has 182 valence electrons. The van der Waals surface area contributed by atoms with Crippen LogP contribution in [0.1, 0.15) is 50.4 Å². The van der Waals surface area contributed by atoms with E-state index in [0.717, 1.165) is 10.4 Å². The minimum atomic E-state index is -2.31. The fourth-order valence-corrected chi connectivity index (χ4v) is 4.06. The smallest absolute Gasteiger partial charge is 0.234 e. The van der Waals surface area contributed by atoms with E-state index in [0.29, 0.717) is 17.5 Å². The van der Waals surface area contributed by atoms with Gasteiger partial charge in [0, 0.05) is 11.6 Å². The van der Waals surface area contributed by atoms with Crippen molar-refractivity contribution in [3.63, 3.8) is 0 Å². The van der Waals surface area contributed by atoms with Gasteiger partial charge in [0.05, 0.1) is 58.7 Å². The summed E-state index contributed by atoms with van der Waals surface area (Å²) < 4.78 is 6.12. The van der Waals surface area contributed by atoms with Crippen LogP contribution in [0.15, 0.2) is 34.9 Å². The van der Waals surface area contributed by atoms with Crippen molar-refractivity contribution in [2.75, 3.05) is 11.1 Å². The highest BCUT2D eigenvalue weighted by atomic mass is 16.5. The summed E-state index contributed by atoms with van der Waals surface area (Å²) in [5.74, 6) is -0.833. The van der Waals surface area contributed by atoms with Gasteiger partial charge in [0.2, 0.25) is 11.8 Å². The van der Waals surface area contributed by atoms with Gasteiger partial charge in [0.15, 0.2) is 0 Å². The minimum Gasteiger partial charge on any atom is -0.383 e. The number of carbonyl (C=O) groups excluding carboxylic acids is 1. The first kappa shape index (κ1) is 30.4. The molecule has 39 heavy (non-hydrogen) atoms. The molecular formula is C24H23B7N6O2. The van der Waals surface area contributed by atoms with Crippen LogP contribution < -0.4 is 11.1 Å². The lowest BCUT2D eigenvalue weighted by molar-refractivity contribution is -0.117. The number of nitrogens with zero attached hydrogens (tertiary/aromatic N) is 4. The molecule has 2 heterocycles. The molecule has 0 bridgehead atoms. The van der Waals surface area contributed by atoms with E-state index in [1.807, 2.05) is 6.07 Å². The second kappa shape index (κ2) is 10.4. The number of nitriles is 1. The minimum absolute atomic E-state index is 0.0227. The summed E-state index contributed by atoms with van der Waals surface area (Å²) in [6.07, 6.45) is 0.700. The zero-order chi connectivity index (χ0) is 29.6. The number of hydrogen-bond acceptors (Lipinski definition) is 6. The topological polar surface area (TPSA) is 123 Å². The number of rotatable bonds is 8. The van der Waals surface area contributed by atoms with Gasteiger partial charge in [-0.15, -0.1) is 10.2 Å². The summed E-state index contributed by atoms with van der Waals surface area (Å²) in [5.41, 5.74) is 5.82. The Hall–Kier alpha value is -3.15. The van der Waals surface area contributed by atoms with E-state index in [1.54, 1.807) is 37.3 Å². The molecule has 1 atom stereocenters. The predicted molar refractivity (Wildman–Crippen MR) is 157 cm³/mol. The molecular weight excluding hydrogens is 480 g/mol. The number of nitrogen functional groups attached to an aromatic ring is 1. The molecule has 0 fully saturated rings. The quantitative estimate of drug-likeness (QED) is 0.447. The predicted octanol–water partition coefficient (Wildman–Crippen LogP) is 1.30. The first-order valence-electron chi connectivity index (χ1n) is 12.0. The van der Waals surface area contributed by atoms with Crippen molar-refractivity contribution in [1.29, 1.82) is 5.26 Å². The number of benzene rings is 1. The van der Waals surface area contributed by atoms with Crippen molar-refractivity contribution in [3.05, 3.63) is 47.2 Å². The second-order valence-electron chi connectivity index (χ2n) is 11.0. The molecule has 14 radical (unpaired) electrons. The van der Waals surface area contributed by atoms with Gasteiger partial charge in [-0.1, -0.05) is 50.2 Å². The molecule has 0 aliphatic rings. The maximum atomic E-state index is 12.8. The van der Waals surface area contributed by atoms with E-state index in [-0.39, 0.29) is 34.3 Å². The van der Waals surface area contributed by atoms with Gasteiger partial charge in [-0.05, 0) is 29.8 Å². The summed E-state index contributed by atoms with van der Waals surface area (Å²) in [7, 11) is 41.4. The van der Waals surface area contributed by atoms with Gasteiger partial charge in [-0.3, -0.25) is 14.8 Å². The van der Waals surface area contributed by atoms with Crippen LogP contribution in [-0.4, -0.2) is 75.8 Å².